The number of aryl methyl sites for hydroxylation is 3. The van der Waals surface area contributed by atoms with Crippen LogP contribution in [-0.4, -0.2) is 44.5 Å². The first kappa shape index (κ1) is 40.2. The van der Waals surface area contributed by atoms with Crippen LogP contribution in [0.2, 0.25) is 0 Å². The summed E-state index contributed by atoms with van der Waals surface area (Å²) >= 11 is 0. The lowest BCUT2D eigenvalue weighted by atomic mass is 9.92. The molecule has 0 radical (unpaired) electrons. The zero-order chi connectivity index (χ0) is 38.4. The molecule has 5 rings (SSSR count). The second kappa shape index (κ2) is 16.6. The number of aliphatic carboxylic acids is 1. The summed E-state index contributed by atoms with van der Waals surface area (Å²) in [6, 6.07) is 10.2. The summed E-state index contributed by atoms with van der Waals surface area (Å²) in [6.07, 6.45) is 1.31. The van der Waals surface area contributed by atoms with Crippen LogP contribution in [0, 0.1) is 25.5 Å². The number of nitrogens with zero attached hydrogens (tertiary/aromatic N) is 2. The Morgan fingerprint density at radius 1 is 0.980 bits per heavy atom. The molecule has 0 fully saturated rings. The number of aromatic nitrogens is 2. The van der Waals surface area contributed by atoms with Crippen LogP contribution < -0.4 is 16.2 Å². The third-order valence-corrected chi connectivity index (χ3v) is 8.43. The largest absolute Gasteiger partial charge is 0.480 e. The summed E-state index contributed by atoms with van der Waals surface area (Å²) < 4.78 is 58.0. The minimum absolute atomic E-state index is 0.0426. The Balaban J connectivity index is 0.00000169. The van der Waals surface area contributed by atoms with Gasteiger partial charge in [0.2, 0.25) is 0 Å². The van der Waals surface area contributed by atoms with Gasteiger partial charge < -0.3 is 20.3 Å². The first-order chi connectivity index (χ1) is 24.1. The number of benzene rings is 3. The molecule has 12 heteroatoms. The Morgan fingerprint density at radius 3 is 2.25 bits per heavy atom. The molecule has 5 aromatic rings. The molecule has 1 amide bonds. The smallest absolute Gasteiger partial charge is 0.326 e. The normalized spacial score (nSPS) is 12.3. The maximum Gasteiger partial charge on any atom is 0.326 e. The predicted octanol–water partition coefficient (Wildman–Crippen LogP) is 8.58. The lowest BCUT2D eigenvalue weighted by molar-refractivity contribution is -0.139. The number of amides is 1. The summed E-state index contributed by atoms with van der Waals surface area (Å²) in [5, 5.41) is 16.0. The van der Waals surface area contributed by atoms with Crippen molar-refractivity contribution in [1.82, 2.24) is 14.9 Å². The molecule has 0 aliphatic rings. The van der Waals surface area contributed by atoms with Gasteiger partial charge in [-0.1, -0.05) is 45.9 Å². The highest BCUT2D eigenvalue weighted by atomic mass is 19.3. The maximum atomic E-state index is 15.1. The third-order valence-electron chi connectivity index (χ3n) is 8.43. The van der Waals surface area contributed by atoms with E-state index >= 15 is 4.39 Å². The number of hydrogen-bond acceptors (Lipinski definition) is 5. The highest BCUT2D eigenvalue weighted by molar-refractivity contribution is 6.00. The number of carboxylic acid groups (broad SMARTS) is 1. The van der Waals surface area contributed by atoms with Crippen molar-refractivity contribution in [3.05, 3.63) is 105 Å². The predicted molar refractivity (Wildman–Crippen MR) is 195 cm³/mol. The highest BCUT2D eigenvalue weighted by Crippen LogP contribution is 2.33. The van der Waals surface area contributed by atoms with E-state index in [4.69, 9.17) is 0 Å². The van der Waals surface area contributed by atoms with Crippen molar-refractivity contribution in [3.8, 4) is 11.1 Å². The average molecular weight is 709 g/mol. The lowest BCUT2D eigenvalue weighted by Gasteiger charge is -2.22. The zero-order valence-electron chi connectivity index (χ0n) is 30.2. The van der Waals surface area contributed by atoms with E-state index in [1.165, 1.54) is 48.9 Å². The fourth-order valence-corrected chi connectivity index (χ4v) is 5.74. The number of anilines is 1. The van der Waals surface area contributed by atoms with Crippen LogP contribution in [0.1, 0.15) is 68.6 Å². The SMILES string of the molecule is CC.CC.Cc1cc(N[C@H](C)C(C)(F)F)cc(F)c1C(=O)N[C@@H](Cc1ccc(-c2c(C)c3cc(F)ccc3n(C)c2=O)c2ncccc12)C(=O)O. The molecule has 0 saturated carbocycles. The van der Waals surface area contributed by atoms with Gasteiger partial charge in [0.05, 0.1) is 28.2 Å². The van der Waals surface area contributed by atoms with E-state index < -0.39 is 47.1 Å². The van der Waals surface area contributed by atoms with E-state index in [2.05, 4.69) is 15.6 Å². The first-order valence-corrected chi connectivity index (χ1v) is 16.7. The van der Waals surface area contributed by atoms with Crippen molar-refractivity contribution in [2.75, 3.05) is 5.32 Å². The standard InChI is InChI=1S/C35H32F4N4O4.2C2H6/c1-17-13-22(41-19(3)35(4,38)39)16-26(37)29(17)32(44)42-27(34(46)47)14-20-8-10-24(31-23(20)7-6-12-40-31)30-18(2)25-15-21(36)9-11-28(25)43(5)33(30)45;2*1-2/h6-13,15-16,19,27,41H,14H2,1-5H3,(H,42,44)(H,46,47);2*1-2H3/t19-,27+;;/m1../s1. The molecule has 272 valence electrons. The van der Waals surface area contributed by atoms with E-state index in [1.807, 2.05) is 27.7 Å². The van der Waals surface area contributed by atoms with Gasteiger partial charge in [-0.2, -0.15) is 0 Å². The van der Waals surface area contributed by atoms with Gasteiger partial charge >= 0.3 is 5.97 Å². The van der Waals surface area contributed by atoms with E-state index in [0.717, 1.165) is 13.0 Å². The molecule has 8 nitrogen and oxygen atoms in total. The summed E-state index contributed by atoms with van der Waals surface area (Å²) in [5.41, 5.74) is 2.18. The van der Waals surface area contributed by atoms with Gasteiger partial charge in [-0.25, -0.2) is 22.4 Å². The molecule has 0 aliphatic carbocycles. The Kier molecular flexibility index (Phi) is 13.1. The minimum atomic E-state index is -3.09. The van der Waals surface area contributed by atoms with Crippen molar-refractivity contribution < 1.29 is 32.3 Å². The first-order valence-electron chi connectivity index (χ1n) is 16.7. The van der Waals surface area contributed by atoms with Gasteiger partial charge in [-0.15, -0.1) is 0 Å². The number of carbonyl (C=O) groups is 2. The van der Waals surface area contributed by atoms with Crippen LogP contribution in [0.15, 0.2) is 65.6 Å². The number of nitrogens with one attached hydrogen (secondary N) is 2. The van der Waals surface area contributed by atoms with Crippen molar-refractivity contribution in [2.45, 2.75) is 79.8 Å². The fraction of sp³-hybridized carbons (Fsp3) is 0.333. The second-order valence-electron chi connectivity index (χ2n) is 11.7. The van der Waals surface area contributed by atoms with Crippen LogP contribution in [0.4, 0.5) is 23.2 Å². The van der Waals surface area contributed by atoms with Crippen LogP contribution in [-0.2, 0) is 18.3 Å². The van der Waals surface area contributed by atoms with Crippen LogP contribution in [0.25, 0.3) is 32.9 Å². The molecule has 0 bridgehead atoms. The van der Waals surface area contributed by atoms with Gasteiger partial charge in [-0.05, 0) is 73.9 Å². The number of rotatable bonds is 9. The molecule has 3 aromatic carbocycles. The second-order valence-corrected chi connectivity index (χ2v) is 11.7. The molecular formula is C39H44F4N4O4. The average Bonchev–Trinajstić information content (AvgIpc) is 3.08. The van der Waals surface area contributed by atoms with Crippen LogP contribution >= 0.6 is 0 Å². The number of alkyl halides is 2. The molecule has 0 aliphatic heterocycles. The van der Waals surface area contributed by atoms with Crippen molar-refractivity contribution in [1.29, 1.82) is 0 Å². The maximum absolute atomic E-state index is 15.1. The Hall–Kier alpha value is -5.26. The molecule has 51 heavy (non-hydrogen) atoms. The summed E-state index contributed by atoms with van der Waals surface area (Å²) in [4.78, 5) is 43.6. The fourth-order valence-electron chi connectivity index (χ4n) is 5.74. The highest BCUT2D eigenvalue weighted by Gasteiger charge is 2.31. The molecule has 2 heterocycles. The number of fused-ring (bicyclic) bond motifs is 2. The zero-order valence-corrected chi connectivity index (χ0v) is 30.2. The number of carboxylic acids is 1. The molecule has 0 saturated heterocycles. The number of halogens is 4. The third kappa shape index (κ3) is 8.56. The van der Waals surface area contributed by atoms with Crippen molar-refractivity contribution in [3.63, 3.8) is 0 Å². The van der Waals surface area contributed by atoms with E-state index in [0.29, 0.717) is 44.1 Å². The van der Waals surface area contributed by atoms with E-state index in [1.54, 1.807) is 38.2 Å². The summed E-state index contributed by atoms with van der Waals surface area (Å²) in [5.74, 6) is -6.92. The van der Waals surface area contributed by atoms with E-state index in [9.17, 15) is 32.7 Å². The molecule has 2 atom stereocenters. The quantitative estimate of drug-likeness (QED) is 0.132. The summed E-state index contributed by atoms with van der Waals surface area (Å²) in [7, 11) is 1.59. The molecule has 0 unspecified atom stereocenters. The number of pyridine rings is 2. The minimum Gasteiger partial charge on any atom is -0.480 e. The molecule has 2 aromatic heterocycles. The van der Waals surface area contributed by atoms with Crippen molar-refractivity contribution in [2.24, 2.45) is 7.05 Å². The number of hydrogen-bond donors (Lipinski definition) is 3. The topological polar surface area (TPSA) is 113 Å². The lowest BCUT2D eigenvalue weighted by Crippen LogP contribution is -2.43. The summed E-state index contributed by atoms with van der Waals surface area (Å²) in [6.45, 7) is 13.1. The monoisotopic (exact) mass is 708 g/mol. The van der Waals surface area contributed by atoms with Gasteiger partial charge in [-0.3, -0.25) is 14.6 Å². The van der Waals surface area contributed by atoms with Gasteiger partial charge in [0.1, 0.15) is 17.7 Å². The number of carbonyl (C=O) groups excluding carboxylic acids is 1. The van der Waals surface area contributed by atoms with Gasteiger partial charge in [0.25, 0.3) is 17.4 Å². The molecular weight excluding hydrogens is 664 g/mol. The van der Waals surface area contributed by atoms with E-state index in [-0.39, 0.29) is 23.2 Å². The Labute approximate surface area is 294 Å². The van der Waals surface area contributed by atoms with Gasteiger partial charge in [0, 0.05) is 48.6 Å². The van der Waals surface area contributed by atoms with Crippen LogP contribution in [0.3, 0.4) is 0 Å². The van der Waals surface area contributed by atoms with Crippen molar-refractivity contribution >= 4 is 39.4 Å². The Morgan fingerprint density at radius 2 is 1.65 bits per heavy atom. The Bertz CT molecular complexity index is 2100. The van der Waals surface area contributed by atoms with Crippen LogP contribution in [0.5, 0.6) is 0 Å². The molecule has 0 spiro atoms. The van der Waals surface area contributed by atoms with Gasteiger partial charge in [0.15, 0.2) is 0 Å². The molecule has 3 N–H and O–H groups in total.